The number of alkyl halides is 1. The van der Waals surface area contributed by atoms with E-state index in [1.165, 1.54) is 0 Å². The minimum atomic E-state index is -0.225. The molecule has 0 saturated carbocycles. The smallest absolute Gasteiger partial charge is 0.102 e. The third-order valence-corrected chi connectivity index (χ3v) is 2.60. The minimum absolute atomic E-state index is 0.225. The van der Waals surface area contributed by atoms with Crippen LogP contribution in [0.2, 0.25) is 0 Å². The summed E-state index contributed by atoms with van der Waals surface area (Å²) in [6, 6.07) is 0.548. The SMILES string of the molecule is CCNN(C)[C@H]1CCN(CCF)C1. The molecule has 0 radical (unpaired) electrons. The second-order valence-corrected chi connectivity index (χ2v) is 3.55. The highest BCUT2D eigenvalue weighted by Crippen LogP contribution is 2.12. The highest BCUT2D eigenvalue weighted by atomic mass is 19.1. The Morgan fingerprint density at radius 3 is 3.00 bits per heavy atom. The molecule has 0 amide bonds. The lowest BCUT2D eigenvalue weighted by atomic mass is 10.3. The van der Waals surface area contributed by atoms with Crippen LogP contribution in [0.5, 0.6) is 0 Å². The summed E-state index contributed by atoms with van der Waals surface area (Å²) in [7, 11) is 2.06. The van der Waals surface area contributed by atoms with Gasteiger partial charge < -0.3 is 0 Å². The molecule has 78 valence electrons. The number of likely N-dealkylation sites (tertiary alicyclic amines) is 1. The number of halogens is 1. The first-order valence-corrected chi connectivity index (χ1v) is 5.02. The number of nitrogens with one attached hydrogen (secondary N) is 1. The molecular formula is C9H20FN3. The van der Waals surface area contributed by atoms with Crippen LogP contribution in [-0.2, 0) is 0 Å². The van der Waals surface area contributed by atoms with Crippen molar-refractivity contribution in [2.45, 2.75) is 19.4 Å². The largest absolute Gasteiger partial charge is 0.299 e. The second kappa shape index (κ2) is 5.52. The molecule has 1 rings (SSSR count). The third kappa shape index (κ3) is 3.21. The van der Waals surface area contributed by atoms with Crippen LogP contribution < -0.4 is 5.43 Å². The van der Waals surface area contributed by atoms with Gasteiger partial charge in [0.1, 0.15) is 6.67 Å². The van der Waals surface area contributed by atoms with Crippen molar-refractivity contribution in [3.05, 3.63) is 0 Å². The average Bonchev–Trinajstić information content (AvgIpc) is 2.54. The molecule has 3 nitrogen and oxygen atoms in total. The van der Waals surface area contributed by atoms with Crippen molar-refractivity contribution in [1.29, 1.82) is 0 Å². The fourth-order valence-corrected chi connectivity index (χ4v) is 1.83. The summed E-state index contributed by atoms with van der Waals surface area (Å²) in [5, 5.41) is 2.15. The van der Waals surface area contributed by atoms with Gasteiger partial charge in [-0.1, -0.05) is 6.92 Å². The van der Waals surface area contributed by atoms with Crippen LogP contribution in [-0.4, -0.2) is 55.9 Å². The zero-order chi connectivity index (χ0) is 9.68. The topological polar surface area (TPSA) is 18.5 Å². The Hall–Kier alpha value is -0.190. The Kier molecular flexibility index (Phi) is 4.62. The van der Waals surface area contributed by atoms with Gasteiger partial charge in [0.15, 0.2) is 0 Å². The van der Waals surface area contributed by atoms with Crippen molar-refractivity contribution >= 4 is 0 Å². The van der Waals surface area contributed by atoms with Crippen molar-refractivity contribution in [2.75, 3.05) is 39.9 Å². The average molecular weight is 189 g/mol. The van der Waals surface area contributed by atoms with Gasteiger partial charge in [-0.25, -0.2) is 9.40 Å². The molecule has 1 heterocycles. The molecule has 0 aromatic heterocycles. The first-order chi connectivity index (χ1) is 6.27. The Morgan fingerprint density at radius 1 is 1.62 bits per heavy atom. The highest BCUT2D eigenvalue weighted by molar-refractivity contribution is 4.80. The normalized spacial score (nSPS) is 24.5. The standard InChI is InChI=1S/C9H20FN3/c1-3-11-12(2)9-4-6-13(8-9)7-5-10/h9,11H,3-8H2,1-2H3/t9-/m0/s1. The number of hydrogen-bond donors (Lipinski definition) is 1. The van der Waals surface area contributed by atoms with E-state index in [0.29, 0.717) is 12.6 Å². The lowest BCUT2D eigenvalue weighted by Crippen LogP contribution is -2.44. The summed E-state index contributed by atoms with van der Waals surface area (Å²) in [6.07, 6.45) is 1.14. The van der Waals surface area contributed by atoms with Crippen LogP contribution >= 0.6 is 0 Å². The molecular weight excluding hydrogens is 169 g/mol. The van der Waals surface area contributed by atoms with Gasteiger partial charge in [0.2, 0.25) is 0 Å². The van der Waals surface area contributed by atoms with Gasteiger partial charge in [-0.2, -0.15) is 0 Å². The van der Waals surface area contributed by atoms with Crippen molar-refractivity contribution in [3.63, 3.8) is 0 Å². The van der Waals surface area contributed by atoms with Crippen LogP contribution in [0.15, 0.2) is 0 Å². The Balaban J connectivity index is 2.23. The van der Waals surface area contributed by atoms with Gasteiger partial charge >= 0.3 is 0 Å². The molecule has 1 aliphatic heterocycles. The van der Waals surface area contributed by atoms with Gasteiger partial charge in [0.05, 0.1) is 0 Å². The molecule has 1 saturated heterocycles. The molecule has 13 heavy (non-hydrogen) atoms. The maximum atomic E-state index is 12.1. The molecule has 0 spiro atoms. The lowest BCUT2D eigenvalue weighted by Gasteiger charge is -2.24. The minimum Gasteiger partial charge on any atom is -0.299 e. The first-order valence-electron chi connectivity index (χ1n) is 5.02. The summed E-state index contributed by atoms with van der Waals surface area (Å²) < 4.78 is 12.1. The fraction of sp³-hybridized carbons (Fsp3) is 1.00. The van der Waals surface area contributed by atoms with Crippen LogP contribution in [0.25, 0.3) is 0 Å². The van der Waals surface area contributed by atoms with Crippen LogP contribution in [0.3, 0.4) is 0 Å². The number of hydrogen-bond acceptors (Lipinski definition) is 3. The van der Waals surface area contributed by atoms with Crippen LogP contribution in [0.1, 0.15) is 13.3 Å². The quantitative estimate of drug-likeness (QED) is 0.635. The third-order valence-electron chi connectivity index (χ3n) is 2.60. The molecule has 1 N–H and O–H groups in total. The zero-order valence-electron chi connectivity index (χ0n) is 8.59. The number of hydrazine groups is 1. The summed E-state index contributed by atoms with van der Waals surface area (Å²) in [4.78, 5) is 2.18. The summed E-state index contributed by atoms with van der Waals surface area (Å²) in [5.74, 6) is 0. The number of rotatable bonds is 5. The van der Waals surface area contributed by atoms with E-state index in [9.17, 15) is 4.39 Å². The number of likely N-dealkylation sites (N-methyl/N-ethyl adjacent to an activating group) is 1. The molecule has 0 aromatic rings. The van der Waals surface area contributed by atoms with E-state index in [2.05, 4.69) is 29.3 Å². The predicted octanol–water partition coefficient (Wildman–Crippen LogP) is 0.487. The second-order valence-electron chi connectivity index (χ2n) is 3.55. The lowest BCUT2D eigenvalue weighted by molar-refractivity contribution is 0.164. The van der Waals surface area contributed by atoms with E-state index in [1.54, 1.807) is 0 Å². The van der Waals surface area contributed by atoms with Crippen molar-refractivity contribution in [3.8, 4) is 0 Å². The monoisotopic (exact) mass is 189 g/mol. The Labute approximate surface area is 79.9 Å². The van der Waals surface area contributed by atoms with Gasteiger partial charge in [-0.15, -0.1) is 0 Å². The van der Waals surface area contributed by atoms with Crippen LogP contribution in [0.4, 0.5) is 4.39 Å². The molecule has 0 unspecified atom stereocenters. The maximum absolute atomic E-state index is 12.1. The van der Waals surface area contributed by atoms with Crippen LogP contribution in [0, 0.1) is 0 Å². The van der Waals surface area contributed by atoms with E-state index in [1.807, 2.05) is 0 Å². The van der Waals surface area contributed by atoms with E-state index >= 15 is 0 Å². The van der Waals surface area contributed by atoms with Crippen molar-refractivity contribution < 1.29 is 4.39 Å². The molecule has 1 atom stereocenters. The molecule has 1 aliphatic rings. The van der Waals surface area contributed by atoms with E-state index in [-0.39, 0.29) is 6.67 Å². The molecule has 1 fully saturated rings. The highest BCUT2D eigenvalue weighted by Gasteiger charge is 2.24. The number of nitrogens with zero attached hydrogens (tertiary/aromatic N) is 2. The summed E-state index contributed by atoms with van der Waals surface area (Å²) in [5.41, 5.74) is 3.26. The van der Waals surface area contributed by atoms with E-state index in [4.69, 9.17) is 0 Å². The maximum Gasteiger partial charge on any atom is 0.102 e. The van der Waals surface area contributed by atoms with E-state index in [0.717, 1.165) is 26.1 Å². The summed E-state index contributed by atoms with van der Waals surface area (Å²) in [6.45, 7) is 5.44. The predicted molar refractivity (Wildman–Crippen MR) is 52.3 cm³/mol. The van der Waals surface area contributed by atoms with Gasteiger partial charge in [0, 0.05) is 32.7 Å². The van der Waals surface area contributed by atoms with Gasteiger partial charge in [-0.3, -0.25) is 10.3 Å². The first kappa shape index (κ1) is 10.9. The molecule has 4 heteroatoms. The van der Waals surface area contributed by atoms with Gasteiger partial charge in [0.25, 0.3) is 0 Å². The fourth-order valence-electron chi connectivity index (χ4n) is 1.83. The van der Waals surface area contributed by atoms with Gasteiger partial charge in [-0.05, 0) is 13.0 Å². The Bertz CT molecular complexity index is 143. The van der Waals surface area contributed by atoms with Crippen molar-refractivity contribution in [1.82, 2.24) is 15.3 Å². The molecule has 0 bridgehead atoms. The zero-order valence-corrected chi connectivity index (χ0v) is 8.59. The Morgan fingerprint density at radius 2 is 2.38 bits per heavy atom. The van der Waals surface area contributed by atoms with E-state index < -0.39 is 0 Å². The summed E-state index contributed by atoms with van der Waals surface area (Å²) >= 11 is 0. The molecule has 0 aliphatic carbocycles. The van der Waals surface area contributed by atoms with Crippen molar-refractivity contribution in [2.24, 2.45) is 0 Å². The molecule has 0 aromatic carbocycles.